The molecule has 0 aliphatic rings. The highest BCUT2D eigenvalue weighted by Crippen LogP contribution is 2.26. The first-order valence-electron chi connectivity index (χ1n) is 7.36. The smallest absolute Gasteiger partial charge is 0.226 e. The van der Waals surface area contributed by atoms with Crippen molar-refractivity contribution in [2.45, 2.75) is 19.4 Å². The Morgan fingerprint density at radius 1 is 1.22 bits per heavy atom. The van der Waals surface area contributed by atoms with Gasteiger partial charge in [-0.05, 0) is 48.9 Å². The van der Waals surface area contributed by atoms with Crippen LogP contribution < -0.4 is 5.32 Å². The van der Waals surface area contributed by atoms with E-state index in [9.17, 15) is 4.79 Å². The molecule has 2 heterocycles. The van der Waals surface area contributed by atoms with E-state index in [0.29, 0.717) is 5.02 Å². The van der Waals surface area contributed by atoms with Gasteiger partial charge in [0, 0.05) is 23.1 Å². The van der Waals surface area contributed by atoms with E-state index in [4.69, 9.17) is 16.0 Å². The highest BCUT2D eigenvalue weighted by molar-refractivity contribution is 6.31. The molecule has 0 radical (unpaired) electrons. The van der Waals surface area contributed by atoms with Crippen molar-refractivity contribution in [3.63, 3.8) is 0 Å². The summed E-state index contributed by atoms with van der Waals surface area (Å²) >= 11 is 6.10. The van der Waals surface area contributed by atoms with Gasteiger partial charge >= 0.3 is 0 Å². The Morgan fingerprint density at radius 3 is 2.70 bits per heavy atom. The van der Waals surface area contributed by atoms with Crippen molar-refractivity contribution in [3.8, 4) is 0 Å². The largest absolute Gasteiger partial charge is 0.467 e. The molecule has 0 saturated carbocycles. The number of furan rings is 1. The summed E-state index contributed by atoms with van der Waals surface area (Å²) in [6, 6.07) is 12.8. The fourth-order valence-corrected chi connectivity index (χ4v) is 2.68. The number of anilines is 1. The van der Waals surface area contributed by atoms with Crippen LogP contribution >= 0.6 is 11.6 Å². The molecule has 2 aromatic heterocycles. The molecule has 1 atom stereocenters. The van der Waals surface area contributed by atoms with E-state index in [-0.39, 0.29) is 18.4 Å². The molecule has 0 saturated heterocycles. The molecule has 23 heavy (non-hydrogen) atoms. The van der Waals surface area contributed by atoms with Crippen molar-refractivity contribution in [1.29, 1.82) is 0 Å². The summed E-state index contributed by atoms with van der Waals surface area (Å²) in [5, 5.41) is 3.56. The van der Waals surface area contributed by atoms with Crippen LogP contribution in [0.2, 0.25) is 5.02 Å². The van der Waals surface area contributed by atoms with Crippen LogP contribution in [0.4, 0.5) is 5.69 Å². The molecule has 1 N–H and O–H groups in total. The number of benzene rings is 1. The average Bonchev–Trinajstić information content (AvgIpc) is 3.22. The predicted octanol–water partition coefficient (Wildman–Crippen LogP) is 4.66. The zero-order chi connectivity index (χ0) is 16.2. The number of hydrogen-bond donors (Lipinski definition) is 1. The van der Waals surface area contributed by atoms with Crippen LogP contribution in [0.3, 0.4) is 0 Å². The molecular weight excluding hydrogens is 312 g/mol. The first kappa shape index (κ1) is 15.4. The lowest BCUT2D eigenvalue weighted by Gasteiger charge is -2.17. The molecule has 0 bridgehead atoms. The van der Waals surface area contributed by atoms with Gasteiger partial charge in [-0.15, -0.1) is 0 Å². The molecule has 0 fully saturated rings. The van der Waals surface area contributed by atoms with Crippen LogP contribution in [0.25, 0.3) is 0 Å². The Labute approximate surface area is 139 Å². The first-order chi connectivity index (χ1) is 11.1. The number of carbonyl (C=O) groups is 1. The quantitative estimate of drug-likeness (QED) is 0.740. The van der Waals surface area contributed by atoms with Crippen LogP contribution in [0.15, 0.2) is 65.5 Å². The van der Waals surface area contributed by atoms with Gasteiger partial charge in [-0.25, -0.2) is 0 Å². The Hall–Kier alpha value is -2.46. The number of hydrogen-bond acceptors (Lipinski definition) is 2. The van der Waals surface area contributed by atoms with Crippen molar-refractivity contribution >= 4 is 23.2 Å². The summed E-state index contributed by atoms with van der Waals surface area (Å²) in [6.07, 6.45) is 5.73. The number of nitrogens with one attached hydrogen (secondary N) is 1. The minimum atomic E-state index is -0.181. The van der Waals surface area contributed by atoms with Crippen LogP contribution in [0, 0.1) is 6.92 Å². The normalized spacial score (nSPS) is 12.1. The van der Waals surface area contributed by atoms with Crippen LogP contribution in [0.1, 0.15) is 23.8 Å². The molecule has 0 spiro atoms. The topological polar surface area (TPSA) is 47.2 Å². The summed E-state index contributed by atoms with van der Waals surface area (Å²) in [6.45, 7) is 1.88. The lowest BCUT2D eigenvalue weighted by Crippen LogP contribution is -2.19. The molecule has 1 amide bonds. The summed E-state index contributed by atoms with van der Waals surface area (Å²) in [4.78, 5) is 12.5. The molecular formula is C18H17ClN2O2. The van der Waals surface area contributed by atoms with Gasteiger partial charge in [0.1, 0.15) is 5.76 Å². The van der Waals surface area contributed by atoms with Crippen LogP contribution in [0.5, 0.6) is 0 Å². The first-order valence-corrected chi connectivity index (χ1v) is 7.74. The monoisotopic (exact) mass is 328 g/mol. The fourth-order valence-electron chi connectivity index (χ4n) is 2.51. The number of rotatable bonds is 5. The SMILES string of the molecule is Cc1c(Cl)cccc1NC(=O)C[C@H](c1ccco1)n1cccc1. The summed E-state index contributed by atoms with van der Waals surface area (Å²) in [5.74, 6) is 0.657. The number of halogens is 1. The summed E-state index contributed by atoms with van der Waals surface area (Å²) < 4.78 is 7.45. The van der Waals surface area contributed by atoms with E-state index in [1.54, 1.807) is 12.3 Å². The van der Waals surface area contributed by atoms with Gasteiger partial charge in [0.15, 0.2) is 0 Å². The molecule has 4 nitrogen and oxygen atoms in total. The summed E-state index contributed by atoms with van der Waals surface area (Å²) in [5.41, 5.74) is 1.59. The lowest BCUT2D eigenvalue weighted by molar-refractivity contribution is -0.116. The molecule has 0 aliphatic heterocycles. The Kier molecular flexibility index (Phi) is 4.53. The fraction of sp³-hybridized carbons (Fsp3) is 0.167. The zero-order valence-electron chi connectivity index (χ0n) is 12.7. The van der Waals surface area contributed by atoms with E-state index in [2.05, 4.69) is 5.32 Å². The van der Waals surface area contributed by atoms with Gasteiger partial charge < -0.3 is 14.3 Å². The Bertz CT molecular complexity index is 745. The molecule has 0 aliphatic carbocycles. The molecule has 118 valence electrons. The third-order valence-electron chi connectivity index (χ3n) is 3.78. The molecule has 1 aromatic carbocycles. The Morgan fingerprint density at radius 2 is 2.00 bits per heavy atom. The molecule has 5 heteroatoms. The van der Waals surface area contributed by atoms with Gasteiger partial charge in [-0.1, -0.05) is 17.7 Å². The molecule has 0 unspecified atom stereocenters. The van der Waals surface area contributed by atoms with Crippen molar-refractivity contribution in [2.24, 2.45) is 0 Å². The van der Waals surface area contributed by atoms with Gasteiger partial charge in [0.2, 0.25) is 5.91 Å². The number of carbonyl (C=O) groups excluding carboxylic acids is 1. The van der Waals surface area contributed by atoms with Crippen molar-refractivity contribution in [3.05, 3.63) is 77.5 Å². The van der Waals surface area contributed by atoms with Crippen molar-refractivity contribution in [2.75, 3.05) is 5.32 Å². The van der Waals surface area contributed by atoms with E-state index < -0.39 is 0 Å². The molecule has 3 rings (SSSR count). The maximum atomic E-state index is 12.5. The van der Waals surface area contributed by atoms with Crippen molar-refractivity contribution < 1.29 is 9.21 Å². The standard InChI is InChI=1S/C18H17ClN2O2/c1-13-14(19)6-4-7-15(13)20-18(22)12-16(17-8-5-11-23-17)21-9-2-3-10-21/h2-11,16H,12H2,1H3,(H,20,22)/t16-/m1/s1. The lowest BCUT2D eigenvalue weighted by atomic mass is 10.1. The number of nitrogens with zero attached hydrogens (tertiary/aromatic N) is 1. The van der Waals surface area contributed by atoms with Crippen LogP contribution in [-0.4, -0.2) is 10.5 Å². The minimum absolute atomic E-state index is 0.0922. The Balaban J connectivity index is 1.78. The second-order valence-electron chi connectivity index (χ2n) is 5.33. The second-order valence-corrected chi connectivity index (χ2v) is 5.73. The zero-order valence-corrected chi connectivity index (χ0v) is 13.5. The third kappa shape index (κ3) is 3.48. The van der Waals surface area contributed by atoms with Gasteiger partial charge in [0.05, 0.1) is 18.7 Å². The van der Waals surface area contributed by atoms with Crippen LogP contribution in [-0.2, 0) is 4.79 Å². The predicted molar refractivity (Wildman–Crippen MR) is 90.7 cm³/mol. The van der Waals surface area contributed by atoms with E-state index >= 15 is 0 Å². The van der Waals surface area contributed by atoms with Gasteiger partial charge in [0.25, 0.3) is 0 Å². The summed E-state index contributed by atoms with van der Waals surface area (Å²) in [7, 11) is 0. The highest BCUT2D eigenvalue weighted by atomic mass is 35.5. The van der Waals surface area contributed by atoms with E-state index in [1.165, 1.54) is 0 Å². The van der Waals surface area contributed by atoms with Crippen molar-refractivity contribution in [1.82, 2.24) is 4.57 Å². The number of aromatic nitrogens is 1. The highest BCUT2D eigenvalue weighted by Gasteiger charge is 2.20. The maximum Gasteiger partial charge on any atom is 0.226 e. The van der Waals surface area contributed by atoms with E-state index in [0.717, 1.165) is 17.0 Å². The van der Waals surface area contributed by atoms with Gasteiger partial charge in [-0.3, -0.25) is 4.79 Å². The molecule has 3 aromatic rings. The maximum absolute atomic E-state index is 12.5. The minimum Gasteiger partial charge on any atom is -0.467 e. The van der Waals surface area contributed by atoms with E-state index in [1.807, 2.05) is 60.3 Å². The van der Waals surface area contributed by atoms with Gasteiger partial charge in [-0.2, -0.15) is 0 Å². The number of amides is 1. The average molecular weight is 329 g/mol. The third-order valence-corrected chi connectivity index (χ3v) is 4.19. The second kappa shape index (κ2) is 6.75.